The number of amides is 2. The molecule has 4 rings (SSSR count). The molecule has 3 aromatic rings. The SMILES string of the molecule is O=C(NCc1cccnc1-n1cccn1)[C@@H]1CSCN1C(=O)c1ccccc1. The number of hydrogen-bond donors (Lipinski definition) is 1. The molecule has 1 atom stereocenters. The molecule has 0 spiro atoms. The maximum Gasteiger partial charge on any atom is 0.255 e. The van der Waals surface area contributed by atoms with Crippen molar-refractivity contribution in [3.05, 3.63) is 78.2 Å². The molecule has 3 heterocycles. The molecule has 0 saturated carbocycles. The van der Waals surface area contributed by atoms with Gasteiger partial charge in [0.25, 0.3) is 5.91 Å². The van der Waals surface area contributed by atoms with Crippen molar-refractivity contribution >= 4 is 23.6 Å². The predicted octanol–water partition coefficient (Wildman–Crippen LogP) is 2.10. The lowest BCUT2D eigenvalue weighted by molar-refractivity contribution is -0.124. The highest BCUT2D eigenvalue weighted by molar-refractivity contribution is 7.99. The molecule has 0 radical (unpaired) electrons. The number of nitrogens with one attached hydrogen (secondary N) is 1. The number of benzene rings is 1. The van der Waals surface area contributed by atoms with Gasteiger partial charge in [0.1, 0.15) is 6.04 Å². The summed E-state index contributed by atoms with van der Waals surface area (Å²) in [6.45, 7) is 0.316. The number of hydrogen-bond acceptors (Lipinski definition) is 5. The molecular formula is C20H19N5O2S. The van der Waals surface area contributed by atoms with Gasteiger partial charge in [-0.05, 0) is 24.3 Å². The van der Waals surface area contributed by atoms with Crippen LogP contribution in [0.5, 0.6) is 0 Å². The quantitative estimate of drug-likeness (QED) is 0.718. The Hall–Kier alpha value is -3.13. The summed E-state index contributed by atoms with van der Waals surface area (Å²) in [6.07, 6.45) is 5.18. The van der Waals surface area contributed by atoms with Crippen LogP contribution in [0.1, 0.15) is 15.9 Å². The summed E-state index contributed by atoms with van der Waals surface area (Å²) < 4.78 is 1.66. The van der Waals surface area contributed by atoms with Crippen LogP contribution in [-0.4, -0.2) is 49.2 Å². The molecule has 1 fully saturated rings. The van der Waals surface area contributed by atoms with Gasteiger partial charge in [0.2, 0.25) is 5.91 Å². The third-order valence-electron chi connectivity index (χ3n) is 4.51. The van der Waals surface area contributed by atoms with E-state index < -0.39 is 6.04 Å². The molecule has 1 saturated heterocycles. The van der Waals surface area contributed by atoms with Crippen LogP contribution in [0.3, 0.4) is 0 Å². The zero-order chi connectivity index (χ0) is 19.3. The van der Waals surface area contributed by atoms with Crippen molar-refractivity contribution in [1.29, 1.82) is 0 Å². The van der Waals surface area contributed by atoms with Crippen molar-refractivity contribution in [2.24, 2.45) is 0 Å². The minimum Gasteiger partial charge on any atom is -0.350 e. The molecule has 1 aliphatic rings. The first-order valence-corrected chi connectivity index (χ1v) is 10.0. The summed E-state index contributed by atoms with van der Waals surface area (Å²) in [5.41, 5.74) is 1.45. The second-order valence-electron chi connectivity index (χ2n) is 6.31. The van der Waals surface area contributed by atoms with Crippen molar-refractivity contribution in [3.8, 4) is 5.82 Å². The second kappa shape index (κ2) is 8.26. The first-order chi connectivity index (χ1) is 13.7. The summed E-state index contributed by atoms with van der Waals surface area (Å²) in [5, 5.41) is 7.16. The van der Waals surface area contributed by atoms with E-state index in [1.54, 1.807) is 45.9 Å². The number of rotatable bonds is 5. The van der Waals surface area contributed by atoms with Gasteiger partial charge in [-0.3, -0.25) is 9.59 Å². The number of carbonyl (C=O) groups excluding carboxylic acids is 2. The van der Waals surface area contributed by atoms with Crippen LogP contribution in [0.2, 0.25) is 0 Å². The smallest absolute Gasteiger partial charge is 0.255 e. The Bertz CT molecular complexity index is 962. The lowest BCUT2D eigenvalue weighted by atomic mass is 10.1. The van der Waals surface area contributed by atoms with Crippen LogP contribution >= 0.6 is 11.8 Å². The molecule has 1 N–H and O–H groups in total. The fourth-order valence-electron chi connectivity index (χ4n) is 3.08. The zero-order valence-electron chi connectivity index (χ0n) is 15.1. The van der Waals surface area contributed by atoms with E-state index in [-0.39, 0.29) is 11.8 Å². The van der Waals surface area contributed by atoms with Gasteiger partial charge in [-0.15, -0.1) is 11.8 Å². The van der Waals surface area contributed by atoms with Gasteiger partial charge in [-0.2, -0.15) is 5.10 Å². The summed E-state index contributed by atoms with van der Waals surface area (Å²) in [4.78, 5) is 31.5. The molecule has 1 aliphatic heterocycles. The average Bonchev–Trinajstić information content (AvgIpc) is 3.44. The number of thioether (sulfide) groups is 1. The van der Waals surface area contributed by atoms with E-state index in [2.05, 4.69) is 15.4 Å². The van der Waals surface area contributed by atoms with Crippen LogP contribution in [0.4, 0.5) is 0 Å². The summed E-state index contributed by atoms with van der Waals surface area (Å²) in [6, 6.07) is 14.1. The third-order valence-corrected chi connectivity index (χ3v) is 5.52. The fraction of sp³-hybridized carbons (Fsp3) is 0.200. The van der Waals surface area contributed by atoms with Crippen LogP contribution in [0, 0.1) is 0 Å². The highest BCUT2D eigenvalue weighted by atomic mass is 32.2. The highest BCUT2D eigenvalue weighted by Crippen LogP contribution is 2.23. The Kier molecular flexibility index (Phi) is 5.38. The average molecular weight is 393 g/mol. The van der Waals surface area contributed by atoms with Gasteiger partial charge in [0, 0.05) is 42.0 Å². The third kappa shape index (κ3) is 3.77. The Morgan fingerprint density at radius 3 is 2.75 bits per heavy atom. The fourth-order valence-corrected chi connectivity index (χ4v) is 4.23. The Labute approximate surface area is 166 Å². The van der Waals surface area contributed by atoms with Crippen molar-refractivity contribution in [2.75, 3.05) is 11.6 Å². The number of carbonyl (C=O) groups is 2. The summed E-state index contributed by atoms with van der Waals surface area (Å²) in [7, 11) is 0. The lowest BCUT2D eigenvalue weighted by Crippen LogP contribution is -2.47. The van der Waals surface area contributed by atoms with Crippen LogP contribution in [0.25, 0.3) is 5.82 Å². The van der Waals surface area contributed by atoms with E-state index in [4.69, 9.17) is 0 Å². The zero-order valence-corrected chi connectivity index (χ0v) is 15.9. The van der Waals surface area contributed by atoms with Crippen molar-refractivity contribution in [2.45, 2.75) is 12.6 Å². The van der Waals surface area contributed by atoms with Crippen LogP contribution in [-0.2, 0) is 11.3 Å². The van der Waals surface area contributed by atoms with E-state index in [1.807, 2.05) is 42.6 Å². The number of pyridine rings is 1. The maximum atomic E-state index is 12.8. The molecule has 28 heavy (non-hydrogen) atoms. The summed E-state index contributed by atoms with van der Waals surface area (Å²) >= 11 is 1.58. The molecule has 2 amide bonds. The van der Waals surface area contributed by atoms with Crippen LogP contribution < -0.4 is 5.32 Å². The minimum atomic E-state index is -0.484. The van der Waals surface area contributed by atoms with Gasteiger partial charge in [-0.25, -0.2) is 9.67 Å². The van der Waals surface area contributed by atoms with E-state index in [0.717, 1.165) is 5.56 Å². The molecule has 0 bridgehead atoms. The molecule has 7 nitrogen and oxygen atoms in total. The Morgan fingerprint density at radius 2 is 1.96 bits per heavy atom. The largest absolute Gasteiger partial charge is 0.350 e. The van der Waals surface area contributed by atoms with E-state index in [9.17, 15) is 9.59 Å². The van der Waals surface area contributed by atoms with Gasteiger partial charge >= 0.3 is 0 Å². The molecule has 1 aromatic carbocycles. The first-order valence-electron chi connectivity index (χ1n) is 8.89. The van der Waals surface area contributed by atoms with Gasteiger partial charge in [0.15, 0.2) is 5.82 Å². The van der Waals surface area contributed by atoms with Crippen molar-refractivity contribution in [1.82, 2.24) is 25.0 Å². The molecule has 8 heteroatoms. The minimum absolute atomic E-state index is 0.121. The highest BCUT2D eigenvalue weighted by Gasteiger charge is 2.35. The number of nitrogens with zero attached hydrogens (tertiary/aromatic N) is 4. The molecular weight excluding hydrogens is 374 g/mol. The van der Waals surface area contributed by atoms with Crippen LogP contribution in [0.15, 0.2) is 67.1 Å². The molecule has 142 valence electrons. The predicted molar refractivity (Wildman–Crippen MR) is 107 cm³/mol. The lowest BCUT2D eigenvalue weighted by Gasteiger charge is -2.23. The Balaban J connectivity index is 1.45. The van der Waals surface area contributed by atoms with E-state index >= 15 is 0 Å². The normalized spacial score (nSPS) is 16.1. The van der Waals surface area contributed by atoms with Gasteiger partial charge < -0.3 is 10.2 Å². The number of aromatic nitrogens is 3. The monoisotopic (exact) mass is 393 g/mol. The topological polar surface area (TPSA) is 80.1 Å². The summed E-state index contributed by atoms with van der Waals surface area (Å²) in [5.74, 6) is 1.49. The van der Waals surface area contributed by atoms with E-state index in [1.165, 1.54) is 0 Å². The second-order valence-corrected chi connectivity index (χ2v) is 7.31. The van der Waals surface area contributed by atoms with Crippen molar-refractivity contribution in [3.63, 3.8) is 0 Å². The Morgan fingerprint density at radius 1 is 1.11 bits per heavy atom. The van der Waals surface area contributed by atoms with Gasteiger partial charge in [0.05, 0.1) is 5.88 Å². The van der Waals surface area contributed by atoms with Crippen molar-refractivity contribution < 1.29 is 9.59 Å². The maximum absolute atomic E-state index is 12.8. The van der Waals surface area contributed by atoms with E-state index in [0.29, 0.717) is 29.6 Å². The molecule has 0 unspecified atom stereocenters. The molecule has 0 aliphatic carbocycles. The standard InChI is InChI=1S/C20H19N5O2S/c26-19(17-13-28-14-24(17)20(27)15-6-2-1-3-7-15)22-12-16-8-4-9-21-18(16)25-11-5-10-23-25/h1-11,17H,12-14H2,(H,22,26)/t17-/m0/s1. The first kappa shape index (κ1) is 18.2. The molecule has 2 aromatic heterocycles. The van der Waals surface area contributed by atoms with Gasteiger partial charge in [-0.1, -0.05) is 24.3 Å².